The van der Waals surface area contributed by atoms with Crippen LogP contribution in [0.25, 0.3) is 0 Å². The van der Waals surface area contributed by atoms with Crippen molar-refractivity contribution in [1.82, 2.24) is 0 Å². The third-order valence-electron chi connectivity index (χ3n) is 1.79. The molecule has 0 unspecified atom stereocenters. The normalized spacial score (nSPS) is 10.9. The number of amides is 1. The summed E-state index contributed by atoms with van der Waals surface area (Å²) in [5.74, 6) is -2.02. The van der Waals surface area contributed by atoms with Crippen LogP contribution in [0.5, 0.6) is 0 Å². The fourth-order valence-electron chi connectivity index (χ4n) is 1.02. The summed E-state index contributed by atoms with van der Waals surface area (Å²) in [7, 11) is 0. The lowest BCUT2D eigenvalue weighted by Gasteiger charge is -2.07. The van der Waals surface area contributed by atoms with Crippen LogP contribution in [-0.2, 0) is 16.0 Å². The zero-order valence-electron chi connectivity index (χ0n) is 8.04. The maximum absolute atomic E-state index is 11.9. The van der Waals surface area contributed by atoms with E-state index in [4.69, 9.17) is 0 Å². The zero-order valence-corrected chi connectivity index (χ0v) is 8.04. The van der Waals surface area contributed by atoms with Crippen LogP contribution in [0.2, 0.25) is 0 Å². The molecule has 0 saturated heterocycles. The van der Waals surface area contributed by atoms with Crippen LogP contribution in [0.1, 0.15) is 5.56 Å². The molecule has 0 aliphatic carbocycles. The average molecular weight is 231 g/mol. The minimum Gasteiger partial charge on any atom is -0.318 e. The molecule has 16 heavy (non-hydrogen) atoms. The third-order valence-corrected chi connectivity index (χ3v) is 1.79. The molecular weight excluding hydrogens is 223 g/mol. The van der Waals surface area contributed by atoms with Gasteiger partial charge in [0.05, 0.1) is 0 Å². The van der Waals surface area contributed by atoms with Crippen LogP contribution < -0.4 is 5.32 Å². The maximum Gasteiger partial charge on any atom is 0.471 e. The Morgan fingerprint density at radius 2 is 1.81 bits per heavy atom. The molecule has 0 saturated carbocycles. The highest BCUT2D eigenvalue weighted by Gasteiger charge is 2.38. The monoisotopic (exact) mass is 231 g/mol. The highest BCUT2D eigenvalue weighted by atomic mass is 19.4. The van der Waals surface area contributed by atoms with Gasteiger partial charge in [-0.25, -0.2) is 0 Å². The molecule has 0 aliphatic rings. The van der Waals surface area contributed by atoms with Crippen LogP contribution in [-0.4, -0.2) is 18.4 Å². The van der Waals surface area contributed by atoms with E-state index in [1.165, 1.54) is 24.3 Å². The van der Waals surface area contributed by atoms with Crippen molar-refractivity contribution in [3.05, 3.63) is 29.8 Å². The van der Waals surface area contributed by atoms with E-state index < -0.39 is 12.1 Å². The second kappa shape index (κ2) is 4.78. The first kappa shape index (κ1) is 12.2. The van der Waals surface area contributed by atoms with Crippen molar-refractivity contribution in [1.29, 1.82) is 0 Å². The summed E-state index contributed by atoms with van der Waals surface area (Å²) in [6.45, 7) is 0. The quantitative estimate of drug-likeness (QED) is 0.808. The van der Waals surface area contributed by atoms with E-state index in [1.54, 1.807) is 5.32 Å². The average Bonchev–Trinajstić information content (AvgIpc) is 2.20. The van der Waals surface area contributed by atoms with Crippen LogP contribution in [0.4, 0.5) is 18.9 Å². The van der Waals surface area contributed by atoms with Crippen molar-refractivity contribution in [3.8, 4) is 0 Å². The number of aldehydes is 1. The summed E-state index contributed by atoms with van der Waals surface area (Å²) in [5.41, 5.74) is 0.706. The molecule has 0 heterocycles. The van der Waals surface area contributed by atoms with Gasteiger partial charge in [0, 0.05) is 12.1 Å². The first-order valence-electron chi connectivity index (χ1n) is 4.34. The molecule has 0 radical (unpaired) electrons. The molecule has 86 valence electrons. The summed E-state index contributed by atoms with van der Waals surface area (Å²) in [5, 5.41) is 1.70. The molecule has 0 fully saturated rings. The Bertz CT molecular complexity index is 384. The summed E-state index contributed by atoms with van der Waals surface area (Å²) in [6, 6.07) is 5.56. The molecular formula is C10H8F3NO2. The van der Waals surface area contributed by atoms with Gasteiger partial charge in [0.25, 0.3) is 0 Å². The van der Waals surface area contributed by atoms with Gasteiger partial charge in [-0.05, 0) is 17.7 Å². The van der Waals surface area contributed by atoms with E-state index >= 15 is 0 Å². The van der Waals surface area contributed by atoms with Gasteiger partial charge in [-0.2, -0.15) is 13.2 Å². The van der Waals surface area contributed by atoms with Crippen LogP contribution >= 0.6 is 0 Å². The minimum absolute atomic E-state index is 0.0389. The molecule has 0 aromatic heterocycles. The lowest BCUT2D eigenvalue weighted by Crippen LogP contribution is -2.29. The highest BCUT2D eigenvalue weighted by molar-refractivity contribution is 5.94. The Labute approximate surface area is 89.3 Å². The lowest BCUT2D eigenvalue weighted by atomic mass is 10.1. The second-order valence-electron chi connectivity index (χ2n) is 3.02. The van der Waals surface area contributed by atoms with E-state index in [2.05, 4.69) is 0 Å². The Balaban J connectivity index is 2.69. The van der Waals surface area contributed by atoms with Crippen LogP contribution in [0.3, 0.4) is 0 Å². The van der Waals surface area contributed by atoms with E-state index in [0.29, 0.717) is 11.8 Å². The van der Waals surface area contributed by atoms with Crippen molar-refractivity contribution >= 4 is 17.9 Å². The number of halogens is 3. The molecule has 0 aliphatic heterocycles. The van der Waals surface area contributed by atoms with Crippen molar-refractivity contribution < 1.29 is 22.8 Å². The standard InChI is InChI=1S/C10H8F3NO2/c11-10(12,13)9(16)14-8-3-1-7(2-4-8)5-6-15/h1-4,6H,5H2,(H,14,16). The molecule has 0 atom stereocenters. The largest absolute Gasteiger partial charge is 0.471 e. The van der Waals surface area contributed by atoms with E-state index in [0.717, 1.165) is 0 Å². The molecule has 3 nitrogen and oxygen atoms in total. The molecule has 1 amide bonds. The van der Waals surface area contributed by atoms with Crippen LogP contribution in [0, 0.1) is 0 Å². The van der Waals surface area contributed by atoms with Gasteiger partial charge in [0.15, 0.2) is 0 Å². The lowest BCUT2D eigenvalue weighted by molar-refractivity contribution is -0.167. The number of rotatable bonds is 3. The van der Waals surface area contributed by atoms with E-state index in [9.17, 15) is 22.8 Å². The summed E-state index contributed by atoms with van der Waals surface area (Å²) in [6.07, 6.45) is -4.03. The number of benzene rings is 1. The SMILES string of the molecule is O=CCc1ccc(NC(=O)C(F)(F)F)cc1. The maximum atomic E-state index is 11.9. The molecule has 6 heteroatoms. The Morgan fingerprint density at radius 1 is 1.25 bits per heavy atom. The summed E-state index contributed by atoms with van der Waals surface area (Å²) >= 11 is 0. The molecule has 1 aromatic carbocycles. The molecule has 1 rings (SSSR count). The summed E-state index contributed by atoms with van der Waals surface area (Å²) in [4.78, 5) is 20.7. The fraction of sp³-hybridized carbons (Fsp3) is 0.200. The van der Waals surface area contributed by atoms with Crippen molar-refractivity contribution in [2.75, 3.05) is 5.32 Å². The predicted molar refractivity (Wildman–Crippen MR) is 50.9 cm³/mol. The van der Waals surface area contributed by atoms with Crippen molar-refractivity contribution in [2.24, 2.45) is 0 Å². The molecule has 1 N–H and O–H groups in total. The zero-order chi connectivity index (χ0) is 12.2. The van der Waals surface area contributed by atoms with Gasteiger partial charge in [-0.15, -0.1) is 0 Å². The molecule has 0 bridgehead atoms. The van der Waals surface area contributed by atoms with Gasteiger partial charge in [0.1, 0.15) is 6.29 Å². The fourth-order valence-corrected chi connectivity index (χ4v) is 1.02. The Morgan fingerprint density at radius 3 is 2.25 bits per heavy atom. The minimum atomic E-state index is -4.90. The first-order chi connectivity index (χ1) is 7.43. The van der Waals surface area contributed by atoms with Crippen LogP contribution in [0.15, 0.2) is 24.3 Å². The highest BCUT2D eigenvalue weighted by Crippen LogP contribution is 2.18. The van der Waals surface area contributed by atoms with E-state index in [1.807, 2.05) is 0 Å². The number of alkyl halides is 3. The van der Waals surface area contributed by atoms with Gasteiger partial charge < -0.3 is 10.1 Å². The Kier molecular flexibility index (Phi) is 3.65. The van der Waals surface area contributed by atoms with Gasteiger partial charge in [-0.1, -0.05) is 12.1 Å². The molecule has 0 spiro atoms. The molecule has 1 aromatic rings. The Hall–Kier alpha value is -1.85. The number of carbonyl (C=O) groups excluding carboxylic acids is 2. The number of carbonyl (C=O) groups is 2. The smallest absolute Gasteiger partial charge is 0.318 e. The van der Waals surface area contributed by atoms with E-state index in [-0.39, 0.29) is 12.1 Å². The number of nitrogens with one attached hydrogen (secondary N) is 1. The van der Waals surface area contributed by atoms with Crippen molar-refractivity contribution in [2.45, 2.75) is 12.6 Å². The topological polar surface area (TPSA) is 46.2 Å². The van der Waals surface area contributed by atoms with Gasteiger partial charge in [0.2, 0.25) is 0 Å². The number of hydrogen-bond acceptors (Lipinski definition) is 2. The first-order valence-corrected chi connectivity index (χ1v) is 4.34. The van der Waals surface area contributed by atoms with Gasteiger partial charge >= 0.3 is 12.1 Å². The van der Waals surface area contributed by atoms with Gasteiger partial charge in [-0.3, -0.25) is 4.79 Å². The predicted octanol–water partition coefficient (Wildman–Crippen LogP) is 1.93. The number of anilines is 1. The second-order valence-corrected chi connectivity index (χ2v) is 3.02. The summed E-state index contributed by atoms with van der Waals surface area (Å²) < 4.78 is 35.6. The van der Waals surface area contributed by atoms with Crippen molar-refractivity contribution in [3.63, 3.8) is 0 Å². The number of hydrogen-bond donors (Lipinski definition) is 1. The third kappa shape index (κ3) is 3.38.